The Morgan fingerprint density at radius 3 is 1.78 bits per heavy atom. The summed E-state index contributed by atoms with van der Waals surface area (Å²) in [5.74, 6) is 0.160. The molecule has 2 aromatic heterocycles. The standard InChI is InChI=1S/C36H44N8O6/c1-20(2)29(41-35(47)49-5)32(45)43-34-38-19-27(40-34)25-15-11-23(12-16-25)22-9-13-24(14-10-22)26-18-37-31(39-26)28-8-7-17-44(28)33(46)30(21(3)4)42-36(48)50-6/h9-16,18-21,28-30H,7-8,17H2,1-6H3,(H,37,39)(H,41,47)(H,42,48)(H2,38,40,43,45)/t28-,29+,30+/m1/s1. The summed E-state index contributed by atoms with van der Waals surface area (Å²) in [5.41, 5.74) is 5.46. The van der Waals surface area contributed by atoms with Gasteiger partial charge in [0.2, 0.25) is 17.8 Å². The Bertz CT molecular complexity index is 1800. The minimum Gasteiger partial charge on any atom is -0.453 e. The van der Waals surface area contributed by atoms with Gasteiger partial charge < -0.3 is 35.0 Å². The number of hydrogen-bond acceptors (Lipinski definition) is 8. The summed E-state index contributed by atoms with van der Waals surface area (Å²) in [6.07, 6.45) is 3.73. The smallest absolute Gasteiger partial charge is 0.407 e. The largest absolute Gasteiger partial charge is 0.453 e. The molecule has 4 amide bonds. The minimum absolute atomic E-state index is 0.107. The number of aromatic amines is 2. The van der Waals surface area contributed by atoms with Gasteiger partial charge in [0.25, 0.3) is 0 Å². The summed E-state index contributed by atoms with van der Waals surface area (Å²) >= 11 is 0. The van der Waals surface area contributed by atoms with E-state index < -0.39 is 30.2 Å². The van der Waals surface area contributed by atoms with Crippen molar-refractivity contribution in [1.29, 1.82) is 0 Å². The molecule has 0 bridgehead atoms. The van der Waals surface area contributed by atoms with E-state index in [0.717, 1.165) is 46.5 Å². The predicted molar refractivity (Wildman–Crippen MR) is 188 cm³/mol. The van der Waals surface area contributed by atoms with Crippen molar-refractivity contribution in [2.45, 2.75) is 58.7 Å². The molecule has 14 heteroatoms. The van der Waals surface area contributed by atoms with Gasteiger partial charge in [0.15, 0.2) is 0 Å². The number of H-pyrrole nitrogens is 2. The van der Waals surface area contributed by atoms with E-state index in [9.17, 15) is 19.2 Å². The molecule has 0 aliphatic carbocycles. The quantitative estimate of drug-likeness (QED) is 0.137. The van der Waals surface area contributed by atoms with Gasteiger partial charge in [-0.2, -0.15) is 0 Å². The summed E-state index contributed by atoms with van der Waals surface area (Å²) in [6, 6.07) is 14.4. The Kier molecular flexibility index (Phi) is 11.2. The van der Waals surface area contributed by atoms with Crippen LogP contribution in [0.15, 0.2) is 60.9 Å². The highest BCUT2D eigenvalue weighted by Crippen LogP contribution is 2.33. The highest BCUT2D eigenvalue weighted by molar-refractivity contribution is 5.95. The van der Waals surface area contributed by atoms with Crippen LogP contribution in [-0.2, 0) is 19.1 Å². The molecular weight excluding hydrogens is 640 g/mol. The van der Waals surface area contributed by atoms with Crippen LogP contribution in [0.2, 0.25) is 0 Å². The molecule has 1 aliphatic rings. The van der Waals surface area contributed by atoms with Crippen molar-refractivity contribution in [2.24, 2.45) is 11.8 Å². The Balaban J connectivity index is 1.23. The first-order valence-corrected chi connectivity index (χ1v) is 16.6. The van der Waals surface area contributed by atoms with Gasteiger partial charge in [-0.3, -0.25) is 14.9 Å². The third-order valence-corrected chi connectivity index (χ3v) is 8.79. The molecule has 2 aromatic carbocycles. The Labute approximate surface area is 290 Å². The number of carbonyl (C=O) groups excluding carboxylic acids is 4. The zero-order chi connectivity index (χ0) is 35.9. The maximum Gasteiger partial charge on any atom is 0.407 e. The number of amides is 4. The van der Waals surface area contributed by atoms with E-state index in [4.69, 9.17) is 4.74 Å². The molecule has 1 aliphatic heterocycles. The number of hydrogen-bond donors (Lipinski definition) is 5. The molecule has 4 aromatic rings. The van der Waals surface area contributed by atoms with Crippen LogP contribution in [0.4, 0.5) is 15.5 Å². The number of methoxy groups -OCH3 is 2. The second kappa shape index (κ2) is 15.7. The number of carbonyl (C=O) groups is 4. The molecule has 1 fully saturated rings. The lowest BCUT2D eigenvalue weighted by atomic mass is 10.0. The van der Waals surface area contributed by atoms with Gasteiger partial charge in [0.1, 0.15) is 17.9 Å². The van der Waals surface area contributed by atoms with Crippen molar-refractivity contribution in [3.05, 3.63) is 66.7 Å². The third kappa shape index (κ3) is 8.13. The van der Waals surface area contributed by atoms with Gasteiger partial charge in [0.05, 0.1) is 44.0 Å². The van der Waals surface area contributed by atoms with Crippen LogP contribution in [0.25, 0.3) is 33.6 Å². The number of rotatable bonds is 11. The van der Waals surface area contributed by atoms with Crippen LogP contribution in [0.3, 0.4) is 0 Å². The van der Waals surface area contributed by atoms with Crippen molar-refractivity contribution in [3.8, 4) is 33.6 Å². The summed E-state index contributed by atoms with van der Waals surface area (Å²) < 4.78 is 9.37. The fraction of sp³-hybridized carbons (Fsp3) is 0.389. The summed E-state index contributed by atoms with van der Waals surface area (Å²) in [5, 5.41) is 7.95. The number of likely N-dealkylation sites (tertiary alicyclic amines) is 1. The predicted octanol–water partition coefficient (Wildman–Crippen LogP) is 5.50. The molecular formula is C36H44N8O6. The van der Waals surface area contributed by atoms with E-state index >= 15 is 0 Å². The van der Waals surface area contributed by atoms with Gasteiger partial charge in [-0.05, 0) is 46.9 Å². The molecule has 50 heavy (non-hydrogen) atoms. The molecule has 5 rings (SSSR count). The molecule has 264 valence electrons. The fourth-order valence-corrected chi connectivity index (χ4v) is 5.98. The average Bonchev–Trinajstić information content (AvgIpc) is 3.90. The monoisotopic (exact) mass is 684 g/mol. The van der Waals surface area contributed by atoms with Gasteiger partial charge >= 0.3 is 12.2 Å². The SMILES string of the molecule is COC(=O)N[C@H](C(=O)Nc1ncc(-c2ccc(-c3ccc(-c4cnc([C@H]5CCCN5C(=O)[C@@H](NC(=O)OC)C(C)C)[nH]4)cc3)cc2)[nH]1)C(C)C. The van der Waals surface area contributed by atoms with Crippen molar-refractivity contribution < 1.29 is 28.7 Å². The molecule has 5 N–H and O–H groups in total. The molecule has 0 spiro atoms. The van der Waals surface area contributed by atoms with Crippen molar-refractivity contribution in [2.75, 3.05) is 26.1 Å². The van der Waals surface area contributed by atoms with Crippen LogP contribution in [-0.4, -0.2) is 81.7 Å². The maximum atomic E-state index is 13.5. The number of benzene rings is 2. The Morgan fingerprint density at radius 1 is 0.740 bits per heavy atom. The van der Waals surface area contributed by atoms with Crippen molar-refractivity contribution >= 4 is 29.9 Å². The maximum absolute atomic E-state index is 13.5. The highest BCUT2D eigenvalue weighted by atomic mass is 16.5. The molecule has 3 atom stereocenters. The fourth-order valence-electron chi connectivity index (χ4n) is 5.98. The van der Waals surface area contributed by atoms with Crippen LogP contribution in [0.1, 0.15) is 52.4 Å². The summed E-state index contributed by atoms with van der Waals surface area (Å²) in [4.78, 5) is 67.0. The van der Waals surface area contributed by atoms with E-state index in [0.29, 0.717) is 12.4 Å². The van der Waals surface area contributed by atoms with Gasteiger partial charge in [-0.25, -0.2) is 19.6 Å². The molecule has 0 saturated carbocycles. The molecule has 1 saturated heterocycles. The highest BCUT2D eigenvalue weighted by Gasteiger charge is 2.37. The number of nitrogens with zero attached hydrogens (tertiary/aromatic N) is 3. The lowest BCUT2D eigenvalue weighted by Crippen LogP contribution is -2.51. The normalized spacial score (nSPS) is 15.4. The Morgan fingerprint density at radius 2 is 1.24 bits per heavy atom. The first-order chi connectivity index (χ1) is 24.0. The first-order valence-electron chi connectivity index (χ1n) is 16.6. The van der Waals surface area contributed by atoms with Crippen LogP contribution < -0.4 is 16.0 Å². The van der Waals surface area contributed by atoms with E-state index in [-0.39, 0.29) is 29.7 Å². The lowest BCUT2D eigenvalue weighted by molar-refractivity contribution is -0.135. The van der Waals surface area contributed by atoms with Crippen LogP contribution >= 0.6 is 0 Å². The second-order valence-electron chi connectivity index (χ2n) is 12.9. The van der Waals surface area contributed by atoms with E-state index in [1.54, 1.807) is 17.3 Å². The lowest BCUT2D eigenvalue weighted by Gasteiger charge is -2.30. The number of imidazole rings is 2. The zero-order valence-electron chi connectivity index (χ0n) is 29.1. The van der Waals surface area contributed by atoms with Gasteiger partial charge in [-0.15, -0.1) is 0 Å². The van der Waals surface area contributed by atoms with Gasteiger partial charge in [0, 0.05) is 6.54 Å². The van der Waals surface area contributed by atoms with Crippen molar-refractivity contribution in [1.82, 2.24) is 35.5 Å². The van der Waals surface area contributed by atoms with Crippen LogP contribution in [0.5, 0.6) is 0 Å². The van der Waals surface area contributed by atoms with E-state index in [1.807, 2.05) is 76.2 Å². The minimum atomic E-state index is -0.786. The molecule has 0 radical (unpaired) electrons. The summed E-state index contributed by atoms with van der Waals surface area (Å²) in [6.45, 7) is 8.02. The van der Waals surface area contributed by atoms with Gasteiger partial charge in [-0.1, -0.05) is 76.2 Å². The number of ether oxygens (including phenoxy) is 2. The number of alkyl carbamates (subject to hydrolysis) is 2. The van der Waals surface area contributed by atoms with E-state index in [1.165, 1.54) is 14.2 Å². The second-order valence-corrected chi connectivity index (χ2v) is 12.9. The summed E-state index contributed by atoms with van der Waals surface area (Å²) in [7, 11) is 2.53. The topological polar surface area (TPSA) is 183 Å². The molecule has 3 heterocycles. The zero-order valence-corrected chi connectivity index (χ0v) is 29.1. The van der Waals surface area contributed by atoms with E-state index in [2.05, 4.69) is 40.6 Å². The average molecular weight is 685 g/mol. The first kappa shape index (κ1) is 35.6. The molecule has 0 unspecified atom stereocenters. The third-order valence-electron chi connectivity index (χ3n) is 8.79. The molecule has 14 nitrogen and oxygen atoms in total. The van der Waals surface area contributed by atoms with Crippen LogP contribution in [0, 0.1) is 11.8 Å². The Hall–Kier alpha value is -5.66. The number of nitrogens with one attached hydrogen (secondary N) is 5. The number of anilines is 1. The number of aromatic nitrogens is 4. The van der Waals surface area contributed by atoms with Crippen molar-refractivity contribution in [3.63, 3.8) is 0 Å².